The predicted octanol–water partition coefficient (Wildman–Crippen LogP) is 3.36. The van der Waals surface area contributed by atoms with E-state index in [0.717, 1.165) is 16.4 Å². The van der Waals surface area contributed by atoms with Gasteiger partial charge in [-0.2, -0.15) is 0 Å². The molecule has 2 rings (SSSR count). The molecule has 4 heteroatoms. The van der Waals surface area contributed by atoms with Crippen molar-refractivity contribution in [2.75, 3.05) is 13.7 Å². The smallest absolute Gasteiger partial charge is 0.119 e. The topological polar surface area (TPSA) is 35.2 Å². The summed E-state index contributed by atoms with van der Waals surface area (Å²) in [7, 11) is 1.69. The van der Waals surface area contributed by atoms with E-state index in [-0.39, 0.29) is 0 Å². The average molecular weight is 289 g/mol. The number of rotatable bonds is 4. The Morgan fingerprint density at radius 1 is 1.32 bits per heavy atom. The Morgan fingerprint density at radius 2 is 2.21 bits per heavy atom. The van der Waals surface area contributed by atoms with E-state index < -0.39 is 0 Å². The van der Waals surface area contributed by atoms with Crippen molar-refractivity contribution in [3.8, 4) is 17.6 Å². The molecule has 2 nitrogen and oxygen atoms in total. The summed E-state index contributed by atoms with van der Waals surface area (Å²) in [4.78, 5) is 3.60. The lowest BCUT2D eigenvalue weighted by Gasteiger charge is -2.03. The van der Waals surface area contributed by atoms with Crippen molar-refractivity contribution >= 4 is 23.1 Å². The van der Waals surface area contributed by atoms with Gasteiger partial charge in [-0.15, -0.1) is 23.1 Å². The average Bonchev–Trinajstić information content (AvgIpc) is 2.91. The third-order valence-electron chi connectivity index (χ3n) is 2.40. The minimum Gasteiger partial charge on any atom is -0.497 e. The van der Waals surface area contributed by atoms with Crippen LogP contribution >= 0.6 is 23.1 Å². The predicted molar refractivity (Wildman–Crippen MR) is 82.8 cm³/mol. The van der Waals surface area contributed by atoms with E-state index >= 15 is 0 Å². The van der Waals surface area contributed by atoms with E-state index in [1.54, 1.807) is 30.2 Å². The molecule has 0 bridgehead atoms. The second kappa shape index (κ2) is 7.25. The van der Waals surface area contributed by atoms with Crippen LogP contribution in [0.4, 0.5) is 0 Å². The highest BCUT2D eigenvalue weighted by atomic mass is 32.2. The summed E-state index contributed by atoms with van der Waals surface area (Å²) >= 11 is 3.52. The molecule has 0 amide bonds. The van der Waals surface area contributed by atoms with Crippen molar-refractivity contribution in [1.29, 1.82) is 0 Å². The molecule has 0 radical (unpaired) electrons. The Labute approximate surface area is 122 Å². The summed E-state index contributed by atoms with van der Waals surface area (Å²) in [5.74, 6) is 7.77. The summed E-state index contributed by atoms with van der Waals surface area (Å²) in [6, 6.07) is 12.3. The first kappa shape index (κ1) is 14.0. The largest absolute Gasteiger partial charge is 0.497 e. The van der Waals surface area contributed by atoms with Crippen LogP contribution in [0.15, 0.2) is 41.3 Å². The molecule has 2 aromatic rings. The van der Waals surface area contributed by atoms with Crippen LogP contribution in [0.5, 0.6) is 5.75 Å². The Balaban J connectivity index is 1.96. The molecule has 1 aromatic heterocycles. The maximum Gasteiger partial charge on any atom is 0.119 e. The van der Waals surface area contributed by atoms with Gasteiger partial charge in [-0.25, -0.2) is 0 Å². The van der Waals surface area contributed by atoms with Gasteiger partial charge in [0.25, 0.3) is 0 Å². The number of hydrogen-bond acceptors (Lipinski definition) is 4. The monoisotopic (exact) mass is 289 g/mol. The van der Waals surface area contributed by atoms with Crippen LogP contribution in [0, 0.1) is 11.8 Å². The summed E-state index contributed by atoms with van der Waals surface area (Å²) in [6.45, 7) is 0.409. The SMILES string of the molecule is COc1cccc(SCc2ccc(C#CCN)s2)c1. The van der Waals surface area contributed by atoms with Gasteiger partial charge in [0.1, 0.15) is 5.75 Å². The second-order valence-electron chi connectivity index (χ2n) is 3.74. The van der Waals surface area contributed by atoms with Crippen LogP contribution in [0.1, 0.15) is 9.75 Å². The summed E-state index contributed by atoms with van der Waals surface area (Å²) in [5, 5.41) is 0. The molecule has 0 aliphatic carbocycles. The first-order valence-corrected chi connectivity index (χ1v) is 7.66. The van der Waals surface area contributed by atoms with Gasteiger partial charge >= 0.3 is 0 Å². The van der Waals surface area contributed by atoms with Crippen LogP contribution < -0.4 is 10.5 Å². The number of thiophene rings is 1. The van der Waals surface area contributed by atoms with E-state index in [1.165, 1.54) is 9.77 Å². The lowest BCUT2D eigenvalue weighted by molar-refractivity contribution is 0.413. The van der Waals surface area contributed by atoms with Gasteiger partial charge in [0.2, 0.25) is 0 Å². The van der Waals surface area contributed by atoms with Crippen LogP contribution in [-0.2, 0) is 5.75 Å². The fourth-order valence-electron chi connectivity index (χ4n) is 1.51. The molecular formula is C15H15NOS2. The maximum atomic E-state index is 5.36. The summed E-state index contributed by atoms with van der Waals surface area (Å²) in [5.41, 5.74) is 5.36. The van der Waals surface area contributed by atoms with Crippen molar-refractivity contribution in [3.05, 3.63) is 46.2 Å². The van der Waals surface area contributed by atoms with E-state index in [4.69, 9.17) is 10.5 Å². The molecule has 0 saturated carbocycles. The third kappa shape index (κ3) is 4.32. The van der Waals surface area contributed by atoms with Gasteiger partial charge in [0.05, 0.1) is 18.5 Å². The Bertz CT molecular complexity index is 595. The number of thioether (sulfide) groups is 1. The van der Waals surface area contributed by atoms with Gasteiger partial charge in [0.15, 0.2) is 0 Å². The highest BCUT2D eigenvalue weighted by Gasteiger charge is 2.01. The Kier molecular flexibility index (Phi) is 5.34. The maximum absolute atomic E-state index is 5.36. The van der Waals surface area contributed by atoms with E-state index in [2.05, 4.69) is 30.0 Å². The number of benzene rings is 1. The lowest BCUT2D eigenvalue weighted by atomic mass is 10.3. The minimum atomic E-state index is 0.409. The second-order valence-corrected chi connectivity index (χ2v) is 5.96. The standard InChI is InChI=1S/C15H15NOS2/c1-17-12-4-2-5-14(10-12)18-11-15-8-7-13(19-15)6-3-9-16/h2,4-5,7-8,10H,9,11,16H2,1H3. The molecule has 0 fully saturated rings. The molecule has 0 aliphatic heterocycles. The Hall–Kier alpha value is -1.41. The van der Waals surface area contributed by atoms with Gasteiger partial charge < -0.3 is 10.5 Å². The third-order valence-corrected chi connectivity index (χ3v) is 4.62. The van der Waals surface area contributed by atoms with E-state index in [9.17, 15) is 0 Å². The lowest BCUT2D eigenvalue weighted by Crippen LogP contribution is -1.92. The van der Waals surface area contributed by atoms with Gasteiger partial charge in [0, 0.05) is 15.5 Å². The summed E-state index contributed by atoms with van der Waals surface area (Å²) < 4.78 is 5.21. The van der Waals surface area contributed by atoms with Gasteiger partial charge in [-0.05, 0) is 30.3 Å². The van der Waals surface area contributed by atoms with Crippen LogP contribution in [0.3, 0.4) is 0 Å². The molecule has 0 atom stereocenters. The fourth-order valence-corrected chi connectivity index (χ4v) is 3.38. The quantitative estimate of drug-likeness (QED) is 0.692. The van der Waals surface area contributed by atoms with Gasteiger partial charge in [-0.3, -0.25) is 0 Å². The molecule has 19 heavy (non-hydrogen) atoms. The molecular weight excluding hydrogens is 274 g/mol. The van der Waals surface area contributed by atoms with Crippen molar-refractivity contribution in [2.24, 2.45) is 5.73 Å². The first-order valence-electron chi connectivity index (χ1n) is 5.86. The number of hydrogen-bond donors (Lipinski definition) is 1. The molecule has 0 saturated heterocycles. The molecule has 1 heterocycles. The first-order chi connectivity index (χ1) is 9.31. The Morgan fingerprint density at radius 3 is 3.00 bits per heavy atom. The zero-order valence-corrected chi connectivity index (χ0v) is 12.3. The normalized spacial score (nSPS) is 9.79. The van der Waals surface area contributed by atoms with E-state index in [0.29, 0.717) is 6.54 Å². The molecule has 2 N–H and O–H groups in total. The number of nitrogens with two attached hydrogens (primary N) is 1. The molecule has 0 spiro atoms. The fraction of sp³-hybridized carbons (Fsp3) is 0.200. The summed E-state index contributed by atoms with van der Waals surface area (Å²) in [6.07, 6.45) is 0. The zero-order valence-electron chi connectivity index (χ0n) is 10.7. The number of ether oxygens (including phenoxy) is 1. The highest BCUT2D eigenvalue weighted by Crippen LogP contribution is 2.28. The van der Waals surface area contributed by atoms with Crippen molar-refractivity contribution in [1.82, 2.24) is 0 Å². The van der Waals surface area contributed by atoms with Crippen LogP contribution in [0.2, 0.25) is 0 Å². The van der Waals surface area contributed by atoms with Crippen molar-refractivity contribution in [3.63, 3.8) is 0 Å². The van der Waals surface area contributed by atoms with E-state index in [1.807, 2.05) is 18.2 Å². The zero-order chi connectivity index (χ0) is 13.5. The molecule has 1 aromatic carbocycles. The molecule has 98 valence electrons. The van der Waals surface area contributed by atoms with Crippen LogP contribution in [0.25, 0.3) is 0 Å². The molecule has 0 aliphatic rings. The molecule has 0 unspecified atom stereocenters. The van der Waals surface area contributed by atoms with Gasteiger partial charge in [-0.1, -0.05) is 17.9 Å². The highest BCUT2D eigenvalue weighted by molar-refractivity contribution is 7.98. The van der Waals surface area contributed by atoms with Crippen LogP contribution in [-0.4, -0.2) is 13.7 Å². The van der Waals surface area contributed by atoms with Crippen molar-refractivity contribution in [2.45, 2.75) is 10.6 Å². The van der Waals surface area contributed by atoms with Crippen molar-refractivity contribution < 1.29 is 4.74 Å². The minimum absolute atomic E-state index is 0.409. The number of methoxy groups -OCH3 is 1.